The Bertz CT molecular complexity index is 913. The Morgan fingerprint density at radius 2 is 2.15 bits per heavy atom. The van der Waals surface area contributed by atoms with Crippen molar-refractivity contribution in [3.8, 4) is 0 Å². The number of hydrogen-bond donors (Lipinski definition) is 1. The van der Waals surface area contributed by atoms with E-state index in [9.17, 15) is 9.90 Å². The van der Waals surface area contributed by atoms with Crippen molar-refractivity contribution in [2.75, 3.05) is 24.6 Å². The fourth-order valence-electron chi connectivity index (χ4n) is 7.71. The lowest BCUT2D eigenvalue weighted by Crippen LogP contribution is -2.75. The molecule has 4 fully saturated rings. The molecule has 1 aromatic carbocycles. The number of para-hydroxylation sites is 1. The Morgan fingerprint density at radius 3 is 3.07 bits per heavy atom. The minimum atomic E-state index is -0.859. The van der Waals surface area contributed by atoms with Crippen molar-refractivity contribution < 1.29 is 14.6 Å². The van der Waals surface area contributed by atoms with E-state index in [1.54, 1.807) is 0 Å². The van der Waals surface area contributed by atoms with Crippen molar-refractivity contribution in [2.45, 2.75) is 49.0 Å². The molecule has 0 unspecified atom stereocenters. The van der Waals surface area contributed by atoms with E-state index in [1.165, 1.54) is 11.1 Å². The number of aliphatic hydroxyl groups is 1. The van der Waals surface area contributed by atoms with Crippen LogP contribution in [0.25, 0.3) is 0 Å². The maximum Gasteiger partial charge on any atom is 0.229 e. The van der Waals surface area contributed by atoms with Gasteiger partial charge in [0.1, 0.15) is 5.72 Å². The summed E-state index contributed by atoms with van der Waals surface area (Å²) in [5.41, 5.74) is 2.44. The fraction of sp³-hybridized carbons (Fsp3) is 0.591. The molecule has 0 radical (unpaired) electrons. The smallest absolute Gasteiger partial charge is 0.229 e. The molecule has 7 rings (SSSR count). The number of fused-ring (bicyclic) bond motifs is 2. The van der Waals surface area contributed by atoms with Gasteiger partial charge in [0.15, 0.2) is 0 Å². The standard InChI is InChI=1S/C22H24N2O3/c25-18-10-17-19-14-11-22(26)21(7-8-23(22)12-13(14)4-3-9-27-17)15-5-1-2-6-16(15)24(18)20(19)21/h1-2,4-6,14,17,19-20,26H,3,7-12H2/t14-,17+,19+,20+,21-,22+/m1/s1. The van der Waals surface area contributed by atoms with E-state index in [0.717, 1.165) is 38.0 Å². The van der Waals surface area contributed by atoms with Crippen LogP contribution in [0.4, 0.5) is 5.69 Å². The monoisotopic (exact) mass is 364 g/mol. The van der Waals surface area contributed by atoms with Crippen LogP contribution in [-0.4, -0.2) is 53.5 Å². The van der Waals surface area contributed by atoms with E-state index in [2.05, 4.69) is 34.1 Å². The number of piperidine rings is 2. The molecule has 1 aromatic rings. The van der Waals surface area contributed by atoms with E-state index in [1.807, 2.05) is 6.07 Å². The van der Waals surface area contributed by atoms with Gasteiger partial charge in [-0.1, -0.05) is 29.8 Å². The summed E-state index contributed by atoms with van der Waals surface area (Å²) in [4.78, 5) is 17.7. The van der Waals surface area contributed by atoms with Gasteiger partial charge in [-0.3, -0.25) is 9.69 Å². The highest BCUT2D eigenvalue weighted by atomic mass is 16.5. The molecule has 5 heteroatoms. The van der Waals surface area contributed by atoms with Gasteiger partial charge >= 0.3 is 0 Å². The van der Waals surface area contributed by atoms with Crippen LogP contribution in [0.5, 0.6) is 0 Å². The first-order valence-corrected chi connectivity index (χ1v) is 10.3. The molecule has 3 saturated heterocycles. The molecule has 1 amide bonds. The summed E-state index contributed by atoms with van der Waals surface area (Å²) in [5.74, 6) is 0.763. The summed E-state index contributed by atoms with van der Waals surface area (Å²) in [6.07, 6.45) is 5.41. The zero-order valence-electron chi connectivity index (χ0n) is 15.3. The lowest BCUT2D eigenvalue weighted by Gasteiger charge is -2.63. The molecule has 1 aliphatic carbocycles. The van der Waals surface area contributed by atoms with Gasteiger partial charge in [-0.05, 0) is 36.8 Å². The van der Waals surface area contributed by atoms with Crippen molar-refractivity contribution >= 4 is 11.6 Å². The molecule has 27 heavy (non-hydrogen) atoms. The van der Waals surface area contributed by atoms with Gasteiger partial charge in [0.25, 0.3) is 0 Å². The predicted molar refractivity (Wildman–Crippen MR) is 99.2 cm³/mol. The normalized spacial score (nSPS) is 46.6. The van der Waals surface area contributed by atoms with Crippen molar-refractivity contribution in [2.24, 2.45) is 11.8 Å². The molecule has 5 heterocycles. The van der Waals surface area contributed by atoms with Gasteiger partial charge in [-0.25, -0.2) is 0 Å². The second-order valence-electron chi connectivity index (χ2n) is 9.25. The largest absolute Gasteiger partial charge is 0.377 e. The molecule has 1 N–H and O–H groups in total. The summed E-state index contributed by atoms with van der Waals surface area (Å²) < 4.78 is 6.27. The van der Waals surface area contributed by atoms with Gasteiger partial charge in [0.05, 0.1) is 30.6 Å². The summed E-state index contributed by atoms with van der Waals surface area (Å²) in [6, 6.07) is 8.34. The van der Waals surface area contributed by atoms with Gasteiger partial charge in [-0.15, -0.1) is 0 Å². The van der Waals surface area contributed by atoms with E-state index in [-0.39, 0.29) is 29.4 Å². The number of benzene rings is 1. The molecule has 1 saturated carbocycles. The zero-order valence-corrected chi connectivity index (χ0v) is 15.3. The minimum absolute atomic E-state index is 0.0108. The molecule has 1 spiro atoms. The van der Waals surface area contributed by atoms with Gasteiger partial charge in [-0.2, -0.15) is 0 Å². The lowest BCUT2D eigenvalue weighted by atomic mass is 9.51. The molecule has 6 atom stereocenters. The highest BCUT2D eigenvalue weighted by Gasteiger charge is 2.76. The third-order valence-corrected chi connectivity index (χ3v) is 8.55. The van der Waals surface area contributed by atoms with Crippen LogP contribution in [-0.2, 0) is 14.9 Å². The molecular formula is C22H24N2O3. The van der Waals surface area contributed by atoms with Crippen LogP contribution in [0.2, 0.25) is 0 Å². The summed E-state index contributed by atoms with van der Waals surface area (Å²) in [7, 11) is 0. The van der Waals surface area contributed by atoms with E-state index >= 15 is 0 Å². The van der Waals surface area contributed by atoms with Crippen LogP contribution >= 0.6 is 0 Å². The number of hydrogen-bond acceptors (Lipinski definition) is 4. The van der Waals surface area contributed by atoms with E-state index in [4.69, 9.17) is 4.74 Å². The number of carbonyl (C=O) groups is 1. The van der Waals surface area contributed by atoms with Crippen molar-refractivity contribution in [1.82, 2.24) is 4.90 Å². The number of nitrogens with zero attached hydrogens (tertiary/aromatic N) is 2. The highest BCUT2D eigenvalue weighted by Crippen LogP contribution is 2.68. The summed E-state index contributed by atoms with van der Waals surface area (Å²) >= 11 is 0. The number of ether oxygens (including phenoxy) is 1. The van der Waals surface area contributed by atoms with E-state index < -0.39 is 5.72 Å². The Hall–Kier alpha value is -1.69. The van der Waals surface area contributed by atoms with Crippen molar-refractivity contribution in [3.63, 3.8) is 0 Å². The number of amides is 1. The quantitative estimate of drug-likeness (QED) is 0.714. The lowest BCUT2D eigenvalue weighted by molar-refractivity contribution is -0.202. The second kappa shape index (κ2) is 4.65. The Kier molecular flexibility index (Phi) is 2.63. The Labute approximate surface area is 158 Å². The maximum atomic E-state index is 13.3. The molecular weight excluding hydrogens is 340 g/mol. The first-order chi connectivity index (χ1) is 13.1. The van der Waals surface area contributed by atoms with Gasteiger partial charge in [0, 0.05) is 24.7 Å². The first kappa shape index (κ1) is 15.3. The molecule has 140 valence electrons. The van der Waals surface area contributed by atoms with Crippen LogP contribution < -0.4 is 4.90 Å². The number of rotatable bonds is 0. The minimum Gasteiger partial charge on any atom is -0.377 e. The van der Waals surface area contributed by atoms with Crippen LogP contribution in [0.3, 0.4) is 0 Å². The predicted octanol–water partition coefficient (Wildman–Crippen LogP) is 1.80. The summed E-state index contributed by atoms with van der Waals surface area (Å²) in [6.45, 7) is 2.46. The van der Waals surface area contributed by atoms with Gasteiger partial charge < -0.3 is 14.7 Å². The van der Waals surface area contributed by atoms with E-state index in [0.29, 0.717) is 18.9 Å². The van der Waals surface area contributed by atoms with Gasteiger partial charge in [0.2, 0.25) is 5.91 Å². The Morgan fingerprint density at radius 1 is 1.26 bits per heavy atom. The highest BCUT2D eigenvalue weighted by molar-refractivity contribution is 5.99. The fourth-order valence-corrected chi connectivity index (χ4v) is 7.71. The van der Waals surface area contributed by atoms with Crippen molar-refractivity contribution in [1.29, 1.82) is 0 Å². The average molecular weight is 364 g/mol. The zero-order chi connectivity index (χ0) is 18.0. The third-order valence-electron chi connectivity index (χ3n) is 8.55. The summed E-state index contributed by atoms with van der Waals surface area (Å²) in [5, 5.41) is 12.2. The third kappa shape index (κ3) is 1.48. The average Bonchev–Trinajstić information content (AvgIpc) is 3.14. The maximum absolute atomic E-state index is 13.3. The molecule has 6 aliphatic rings. The molecule has 0 aromatic heterocycles. The Balaban J connectivity index is 1.56. The first-order valence-electron chi connectivity index (χ1n) is 10.3. The van der Waals surface area contributed by atoms with Crippen LogP contribution in [0.1, 0.15) is 31.2 Å². The number of anilines is 1. The van der Waals surface area contributed by atoms with Crippen LogP contribution in [0, 0.1) is 11.8 Å². The second-order valence-corrected chi connectivity index (χ2v) is 9.25. The van der Waals surface area contributed by atoms with Crippen molar-refractivity contribution in [3.05, 3.63) is 41.5 Å². The SMILES string of the molecule is O=C1C[C@@H]2OCCC=C3CN4CC[C@@]56c7ccccc7N1[C@H]5[C@H]2[C@@H]3C[C@@]46O. The molecule has 5 aliphatic heterocycles. The topological polar surface area (TPSA) is 53.0 Å². The molecule has 5 nitrogen and oxygen atoms in total. The van der Waals surface area contributed by atoms with Crippen LogP contribution in [0.15, 0.2) is 35.9 Å². The number of carbonyl (C=O) groups excluding carboxylic acids is 1. The molecule has 2 bridgehead atoms.